The minimum absolute atomic E-state index is 0.537. The van der Waals surface area contributed by atoms with Crippen LogP contribution in [0.2, 0.25) is 0 Å². The molecule has 0 saturated carbocycles. The summed E-state index contributed by atoms with van der Waals surface area (Å²) in [5.74, 6) is 0.839. The molecule has 1 aliphatic rings. The third-order valence-corrected chi connectivity index (χ3v) is 4.08. The number of rotatable bonds is 6. The van der Waals surface area contributed by atoms with Gasteiger partial charge < -0.3 is 5.32 Å². The predicted octanol–water partition coefficient (Wildman–Crippen LogP) is 3.46. The Morgan fingerprint density at radius 1 is 1.32 bits per heavy atom. The maximum atomic E-state index is 3.60. The molecule has 2 heteroatoms. The van der Waals surface area contributed by atoms with Gasteiger partial charge in [0.2, 0.25) is 0 Å². The average molecular weight is 260 g/mol. The lowest BCUT2D eigenvalue weighted by atomic mass is 9.96. The summed E-state index contributed by atoms with van der Waals surface area (Å²) in [4.78, 5) is 2.67. The van der Waals surface area contributed by atoms with Crippen LogP contribution in [-0.4, -0.2) is 31.1 Å². The van der Waals surface area contributed by atoms with Crippen molar-refractivity contribution < 1.29 is 0 Å². The van der Waals surface area contributed by atoms with Gasteiger partial charge in [0, 0.05) is 19.1 Å². The zero-order valence-electron chi connectivity index (χ0n) is 12.4. The van der Waals surface area contributed by atoms with Gasteiger partial charge in [0.25, 0.3) is 0 Å². The molecule has 1 N–H and O–H groups in total. The first-order chi connectivity index (χ1) is 9.31. The van der Waals surface area contributed by atoms with Crippen LogP contribution in [0.1, 0.15) is 44.7 Å². The monoisotopic (exact) mass is 260 g/mol. The van der Waals surface area contributed by atoms with E-state index >= 15 is 0 Å². The lowest BCUT2D eigenvalue weighted by Gasteiger charge is -2.37. The zero-order chi connectivity index (χ0) is 13.5. The summed E-state index contributed by atoms with van der Waals surface area (Å²) in [6, 6.07) is 11.5. The summed E-state index contributed by atoms with van der Waals surface area (Å²) < 4.78 is 0. The van der Waals surface area contributed by atoms with Crippen LogP contribution in [0, 0.1) is 5.92 Å². The van der Waals surface area contributed by atoms with Crippen LogP contribution in [0.25, 0.3) is 0 Å². The van der Waals surface area contributed by atoms with E-state index in [2.05, 4.69) is 54.4 Å². The molecular formula is C17H28N2. The van der Waals surface area contributed by atoms with E-state index in [0.717, 1.165) is 19.0 Å². The number of hydrogen-bond donors (Lipinski definition) is 1. The van der Waals surface area contributed by atoms with Gasteiger partial charge in [-0.05, 0) is 43.8 Å². The molecule has 2 atom stereocenters. The highest BCUT2D eigenvalue weighted by molar-refractivity contribution is 5.19. The van der Waals surface area contributed by atoms with Crippen molar-refractivity contribution in [3.63, 3.8) is 0 Å². The molecule has 1 aromatic rings. The molecule has 2 rings (SSSR count). The molecule has 1 aliphatic heterocycles. The fourth-order valence-electron chi connectivity index (χ4n) is 3.06. The molecule has 0 bridgehead atoms. The van der Waals surface area contributed by atoms with Crippen LogP contribution in [0.4, 0.5) is 0 Å². The Kier molecular flexibility index (Phi) is 5.87. The molecule has 1 aromatic carbocycles. The normalized spacial score (nSPS) is 22.3. The molecule has 0 aliphatic carbocycles. The van der Waals surface area contributed by atoms with E-state index in [1.165, 1.54) is 37.9 Å². The SMILES string of the molecule is CCCNCC(c1ccccc1)N1CCCC(C)C1. The quantitative estimate of drug-likeness (QED) is 0.788. The highest BCUT2D eigenvalue weighted by atomic mass is 15.2. The first-order valence-corrected chi connectivity index (χ1v) is 7.81. The lowest BCUT2D eigenvalue weighted by molar-refractivity contribution is 0.127. The Hall–Kier alpha value is -0.860. The van der Waals surface area contributed by atoms with Gasteiger partial charge in [0.15, 0.2) is 0 Å². The molecule has 1 fully saturated rings. The van der Waals surface area contributed by atoms with Crippen molar-refractivity contribution in [2.24, 2.45) is 5.92 Å². The molecule has 106 valence electrons. The Morgan fingerprint density at radius 2 is 2.11 bits per heavy atom. The smallest absolute Gasteiger partial charge is 0.0472 e. The van der Waals surface area contributed by atoms with Gasteiger partial charge >= 0.3 is 0 Å². The largest absolute Gasteiger partial charge is 0.315 e. The first-order valence-electron chi connectivity index (χ1n) is 7.81. The van der Waals surface area contributed by atoms with Crippen LogP contribution < -0.4 is 5.32 Å². The fraction of sp³-hybridized carbons (Fsp3) is 0.647. The minimum atomic E-state index is 0.537. The summed E-state index contributed by atoms with van der Waals surface area (Å²) in [5, 5.41) is 3.60. The fourth-order valence-corrected chi connectivity index (χ4v) is 3.06. The number of hydrogen-bond acceptors (Lipinski definition) is 2. The summed E-state index contributed by atoms with van der Waals surface area (Å²) in [7, 11) is 0. The Morgan fingerprint density at radius 3 is 2.79 bits per heavy atom. The second-order valence-electron chi connectivity index (χ2n) is 5.87. The third-order valence-electron chi connectivity index (χ3n) is 4.08. The zero-order valence-corrected chi connectivity index (χ0v) is 12.4. The number of nitrogens with zero attached hydrogens (tertiary/aromatic N) is 1. The van der Waals surface area contributed by atoms with Gasteiger partial charge in [-0.2, -0.15) is 0 Å². The van der Waals surface area contributed by atoms with Crippen molar-refractivity contribution in [3.8, 4) is 0 Å². The molecular weight excluding hydrogens is 232 g/mol. The van der Waals surface area contributed by atoms with E-state index in [4.69, 9.17) is 0 Å². The van der Waals surface area contributed by atoms with Gasteiger partial charge in [0.1, 0.15) is 0 Å². The number of likely N-dealkylation sites (tertiary alicyclic amines) is 1. The molecule has 2 unspecified atom stereocenters. The second-order valence-corrected chi connectivity index (χ2v) is 5.87. The number of benzene rings is 1. The van der Waals surface area contributed by atoms with E-state index in [1.54, 1.807) is 0 Å². The Labute approximate surface area is 118 Å². The Balaban J connectivity index is 2.05. The van der Waals surface area contributed by atoms with Crippen LogP contribution in [0.3, 0.4) is 0 Å². The molecule has 0 spiro atoms. The lowest BCUT2D eigenvalue weighted by Crippen LogP contribution is -2.41. The molecule has 0 radical (unpaired) electrons. The molecule has 0 aromatic heterocycles. The van der Waals surface area contributed by atoms with Gasteiger partial charge in [-0.3, -0.25) is 4.90 Å². The van der Waals surface area contributed by atoms with E-state index in [1.807, 2.05) is 0 Å². The predicted molar refractivity (Wildman–Crippen MR) is 82.3 cm³/mol. The van der Waals surface area contributed by atoms with Crippen LogP contribution in [0.5, 0.6) is 0 Å². The van der Waals surface area contributed by atoms with E-state index in [0.29, 0.717) is 6.04 Å². The van der Waals surface area contributed by atoms with E-state index in [-0.39, 0.29) is 0 Å². The van der Waals surface area contributed by atoms with Crippen molar-refractivity contribution in [2.45, 2.75) is 39.2 Å². The topological polar surface area (TPSA) is 15.3 Å². The van der Waals surface area contributed by atoms with Crippen molar-refractivity contribution in [1.29, 1.82) is 0 Å². The van der Waals surface area contributed by atoms with E-state index < -0.39 is 0 Å². The highest BCUT2D eigenvalue weighted by Crippen LogP contribution is 2.26. The van der Waals surface area contributed by atoms with Crippen LogP contribution in [-0.2, 0) is 0 Å². The molecule has 2 nitrogen and oxygen atoms in total. The van der Waals surface area contributed by atoms with E-state index in [9.17, 15) is 0 Å². The van der Waals surface area contributed by atoms with Crippen molar-refractivity contribution >= 4 is 0 Å². The van der Waals surface area contributed by atoms with Gasteiger partial charge in [0.05, 0.1) is 0 Å². The van der Waals surface area contributed by atoms with Crippen molar-refractivity contribution in [2.75, 3.05) is 26.2 Å². The Bertz CT molecular complexity index is 350. The van der Waals surface area contributed by atoms with Crippen LogP contribution in [0.15, 0.2) is 30.3 Å². The first kappa shape index (κ1) is 14.5. The molecule has 19 heavy (non-hydrogen) atoms. The maximum absolute atomic E-state index is 3.60. The summed E-state index contributed by atoms with van der Waals surface area (Å²) in [6.45, 7) is 9.30. The average Bonchev–Trinajstić information content (AvgIpc) is 2.45. The maximum Gasteiger partial charge on any atom is 0.0472 e. The van der Waals surface area contributed by atoms with Crippen molar-refractivity contribution in [1.82, 2.24) is 10.2 Å². The van der Waals surface area contributed by atoms with Gasteiger partial charge in [-0.1, -0.05) is 44.2 Å². The second kappa shape index (κ2) is 7.66. The third kappa shape index (κ3) is 4.32. The van der Waals surface area contributed by atoms with Gasteiger partial charge in [-0.25, -0.2) is 0 Å². The molecule has 1 heterocycles. The standard InChI is InChI=1S/C17H28N2/c1-3-11-18-13-17(16-9-5-4-6-10-16)19-12-7-8-15(2)14-19/h4-6,9-10,15,17-18H,3,7-8,11-14H2,1-2H3. The summed E-state index contributed by atoms with van der Waals surface area (Å²) in [6.07, 6.45) is 3.94. The van der Waals surface area contributed by atoms with Crippen molar-refractivity contribution in [3.05, 3.63) is 35.9 Å². The highest BCUT2D eigenvalue weighted by Gasteiger charge is 2.24. The van der Waals surface area contributed by atoms with Gasteiger partial charge in [-0.15, -0.1) is 0 Å². The number of piperidine rings is 1. The summed E-state index contributed by atoms with van der Waals surface area (Å²) >= 11 is 0. The minimum Gasteiger partial charge on any atom is -0.315 e. The summed E-state index contributed by atoms with van der Waals surface area (Å²) in [5.41, 5.74) is 1.46. The van der Waals surface area contributed by atoms with Crippen LogP contribution >= 0.6 is 0 Å². The molecule has 0 amide bonds. The molecule has 1 saturated heterocycles. The number of nitrogens with one attached hydrogen (secondary N) is 1.